The number of rotatable bonds is 7. The number of carbonyl (C=O) groups excluding carboxylic acids is 1. The summed E-state index contributed by atoms with van der Waals surface area (Å²) in [6, 6.07) is 18.2. The Hall–Kier alpha value is -2.95. The summed E-state index contributed by atoms with van der Waals surface area (Å²) in [6.45, 7) is 4.03. The van der Waals surface area contributed by atoms with Crippen LogP contribution < -0.4 is 5.32 Å². The van der Waals surface area contributed by atoms with Crippen LogP contribution in [0.1, 0.15) is 30.4 Å². The summed E-state index contributed by atoms with van der Waals surface area (Å²) in [4.78, 5) is 12.2. The van der Waals surface area contributed by atoms with Crippen LogP contribution in [0.5, 0.6) is 0 Å². The molecule has 2 aromatic carbocycles. The van der Waals surface area contributed by atoms with Gasteiger partial charge in [0.05, 0.1) is 0 Å². The van der Waals surface area contributed by atoms with Gasteiger partial charge in [-0.15, -0.1) is 10.2 Å². The van der Waals surface area contributed by atoms with E-state index in [1.54, 1.807) is 0 Å². The minimum atomic E-state index is -0.107. The molecule has 134 valence electrons. The molecule has 0 radical (unpaired) electrons. The number of aromatic nitrogens is 2. The number of hydrogen-bond donors (Lipinski definition) is 1. The first-order valence-corrected chi connectivity index (χ1v) is 8.83. The van der Waals surface area contributed by atoms with Gasteiger partial charge in [0.25, 0.3) is 0 Å². The number of benzene rings is 2. The van der Waals surface area contributed by atoms with Crippen molar-refractivity contribution in [2.24, 2.45) is 0 Å². The van der Waals surface area contributed by atoms with E-state index >= 15 is 0 Å². The fraction of sp³-hybridized carbons (Fsp3) is 0.286. The lowest BCUT2D eigenvalue weighted by Gasteiger charge is -2.13. The van der Waals surface area contributed by atoms with Crippen molar-refractivity contribution in [1.82, 2.24) is 15.5 Å². The van der Waals surface area contributed by atoms with Crippen LogP contribution in [-0.4, -0.2) is 22.1 Å². The number of nitrogens with one attached hydrogen (secondary N) is 1. The lowest BCUT2D eigenvalue weighted by molar-refractivity contribution is -0.121. The monoisotopic (exact) mass is 349 g/mol. The molecule has 0 saturated carbocycles. The topological polar surface area (TPSA) is 68.0 Å². The zero-order chi connectivity index (χ0) is 18.4. The highest BCUT2D eigenvalue weighted by Crippen LogP contribution is 2.18. The van der Waals surface area contributed by atoms with Crippen LogP contribution >= 0.6 is 0 Å². The third kappa shape index (κ3) is 5.02. The summed E-state index contributed by atoms with van der Waals surface area (Å²) in [6.07, 6.45) is 1.91. The molecule has 0 aliphatic rings. The van der Waals surface area contributed by atoms with Gasteiger partial charge >= 0.3 is 0 Å². The number of amides is 1. The van der Waals surface area contributed by atoms with Crippen molar-refractivity contribution in [3.05, 3.63) is 71.6 Å². The van der Waals surface area contributed by atoms with Gasteiger partial charge in [0.15, 0.2) is 0 Å². The molecule has 1 heterocycles. The second-order valence-corrected chi connectivity index (χ2v) is 6.54. The van der Waals surface area contributed by atoms with Gasteiger partial charge < -0.3 is 9.73 Å². The van der Waals surface area contributed by atoms with E-state index in [0.29, 0.717) is 11.8 Å². The molecule has 1 atom stereocenters. The molecule has 0 spiro atoms. The number of hydrogen-bond acceptors (Lipinski definition) is 4. The minimum Gasteiger partial charge on any atom is -0.420 e. The molecule has 0 aliphatic carbocycles. The predicted octanol–water partition coefficient (Wildman–Crippen LogP) is 3.73. The molecule has 1 amide bonds. The van der Waals surface area contributed by atoms with E-state index in [9.17, 15) is 4.79 Å². The Morgan fingerprint density at radius 1 is 1.08 bits per heavy atom. The van der Waals surface area contributed by atoms with Crippen molar-refractivity contribution >= 4 is 5.91 Å². The third-order valence-electron chi connectivity index (χ3n) is 4.19. The van der Waals surface area contributed by atoms with Gasteiger partial charge in [-0.25, -0.2) is 0 Å². The van der Waals surface area contributed by atoms with Crippen LogP contribution in [-0.2, 0) is 17.6 Å². The molecule has 5 nitrogen and oxygen atoms in total. The molecule has 3 rings (SSSR count). The van der Waals surface area contributed by atoms with Crippen LogP contribution in [0, 0.1) is 6.92 Å². The highest BCUT2D eigenvalue weighted by Gasteiger charge is 2.14. The van der Waals surface area contributed by atoms with Crippen molar-refractivity contribution in [1.29, 1.82) is 0 Å². The maximum atomic E-state index is 12.2. The van der Waals surface area contributed by atoms with E-state index in [4.69, 9.17) is 4.42 Å². The average Bonchev–Trinajstić information content (AvgIpc) is 3.09. The van der Waals surface area contributed by atoms with Crippen LogP contribution in [0.15, 0.2) is 59.0 Å². The minimum absolute atomic E-state index is 0.0854. The predicted molar refractivity (Wildman–Crippen MR) is 101 cm³/mol. The molecule has 1 aromatic heterocycles. The molecule has 0 unspecified atom stereocenters. The van der Waals surface area contributed by atoms with Crippen LogP contribution in [0.4, 0.5) is 0 Å². The molecule has 0 fully saturated rings. The normalized spacial score (nSPS) is 11.9. The zero-order valence-electron chi connectivity index (χ0n) is 15.1. The van der Waals surface area contributed by atoms with Crippen molar-refractivity contribution in [3.8, 4) is 11.5 Å². The van der Waals surface area contributed by atoms with E-state index in [-0.39, 0.29) is 18.4 Å². The Bertz CT molecular complexity index is 841. The lowest BCUT2D eigenvalue weighted by atomic mass is 10.1. The summed E-state index contributed by atoms with van der Waals surface area (Å²) < 4.78 is 5.61. The Labute approximate surface area is 153 Å². The maximum Gasteiger partial charge on any atom is 0.247 e. The Morgan fingerprint density at radius 2 is 1.81 bits per heavy atom. The summed E-state index contributed by atoms with van der Waals surface area (Å²) in [5.74, 6) is 0.655. The Balaban J connectivity index is 1.49. The molecular weight excluding hydrogens is 326 g/mol. The lowest BCUT2D eigenvalue weighted by Crippen LogP contribution is -2.34. The highest BCUT2D eigenvalue weighted by atomic mass is 16.4. The molecule has 3 aromatic rings. The van der Waals surface area contributed by atoms with Gasteiger partial charge in [0.1, 0.15) is 6.42 Å². The fourth-order valence-electron chi connectivity index (χ4n) is 2.70. The second kappa shape index (κ2) is 8.43. The van der Waals surface area contributed by atoms with Gasteiger partial charge in [-0.2, -0.15) is 0 Å². The maximum absolute atomic E-state index is 12.2. The van der Waals surface area contributed by atoms with Crippen LogP contribution in [0.3, 0.4) is 0 Å². The van der Waals surface area contributed by atoms with Gasteiger partial charge in [0, 0.05) is 11.6 Å². The summed E-state index contributed by atoms with van der Waals surface area (Å²) in [5.41, 5.74) is 3.29. The van der Waals surface area contributed by atoms with Crippen LogP contribution in [0.25, 0.3) is 11.5 Å². The molecule has 1 N–H and O–H groups in total. The number of aryl methyl sites for hydroxylation is 2. The van der Waals surface area contributed by atoms with Gasteiger partial charge in [-0.3, -0.25) is 4.79 Å². The SMILES string of the molecule is Cc1ccc(-c2nnc(CC(=O)N[C@H](C)CCc3ccccc3)o2)cc1. The molecule has 5 heteroatoms. The summed E-state index contributed by atoms with van der Waals surface area (Å²) >= 11 is 0. The molecule has 0 bridgehead atoms. The van der Waals surface area contributed by atoms with Crippen molar-refractivity contribution in [2.45, 2.75) is 39.2 Å². The van der Waals surface area contributed by atoms with Gasteiger partial charge in [-0.1, -0.05) is 48.0 Å². The van der Waals surface area contributed by atoms with E-state index in [2.05, 4.69) is 27.6 Å². The summed E-state index contributed by atoms with van der Waals surface area (Å²) in [7, 11) is 0. The van der Waals surface area contributed by atoms with E-state index in [1.807, 2.05) is 56.3 Å². The van der Waals surface area contributed by atoms with Crippen molar-refractivity contribution in [3.63, 3.8) is 0 Å². The van der Waals surface area contributed by atoms with Crippen molar-refractivity contribution in [2.75, 3.05) is 0 Å². The van der Waals surface area contributed by atoms with Crippen molar-refractivity contribution < 1.29 is 9.21 Å². The molecule has 0 aliphatic heterocycles. The number of nitrogens with zero attached hydrogens (tertiary/aromatic N) is 2. The first-order valence-electron chi connectivity index (χ1n) is 8.83. The largest absolute Gasteiger partial charge is 0.420 e. The highest BCUT2D eigenvalue weighted by molar-refractivity contribution is 5.77. The summed E-state index contributed by atoms with van der Waals surface area (Å²) in [5, 5.41) is 11.0. The Morgan fingerprint density at radius 3 is 2.54 bits per heavy atom. The quantitative estimate of drug-likeness (QED) is 0.706. The first-order chi connectivity index (χ1) is 12.6. The molecule has 26 heavy (non-hydrogen) atoms. The second-order valence-electron chi connectivity index (χ2n) is 6.54. The molecular formula is C21H23N3O2. The van der Waals surface area contributed by atoms with E-state index in [1.165, 1.54) is 5.56 Å². The van der Waals surface area contributed by atoms with E-state index < -0.39 is 0 Å². The number of carbonyl (C=O) groups is 1. The van der Waals surface area contributed by atoms with Gasteiger partial charge in [-0.05, 0) is 44.4 Å². The van der Waals surface area contributed by atoms with Crippen LogP contribution in [0.2, 0.25) is 0 Å². The zero-order valence-corrected chi connectivity index (χ0v) is 15.1. The van der Waals surface area contributed by atoms with E-state index in [0.717, 1.165) is 24.0 Å². The Kier molecular flexibility index (Phi) is 5.79. The average molecular weight is 349 g/mol. The third-order valence-corrected chi connectivity index (χ3v) is 4.19. The fourth-order valence-corrected chi connectivity index (χ4v) is 2.70. The molecule has 0 saturated heterocycles. The smallest absolute Gasteiger partial charge is 0.247 e. The van der Waals surface area contributed by atoms with Gasteiger partial charge in [0.2, 0.25) is 17.7 Å². The standard InChI is InChI=1S/C21H23N3O2/c1-15-8-12-18(13-9-15)21-24-23-20(26-21)14-19(25)22-16(2)10-11-17-6-4-3-5-7-17/h3-9,12-13,16H,10-11,14H2,1-2H3,(H,22,25)/t16-/m1/s1. The first kappa shape index (κ1) is 17.9.